The van der Waals surface area contributed by atoms with Crippen LogP contribution in [0.15, 0.2) is 24.3 Å². The summed E-state index contributed by atoms with van der Waals surface area (Å²) < 4.78 is 0. The van der Waals surface area contributed by atoms with Gasteiger partial charge in [-0.2, -0.15) is 0 Å². The molecule has 1 unspecified atom stereocenters. The molecule has 1 atom stereocenters. The van der Waals surface area contributed by atoms with Gasteiger partial charge in [0, 0.05) is 18.4 Å². The number of rotatable bonds is 6. The Morgan fingerprint density at radius 2 is 2.11 bits per heavy atom. The van der Waals surface area contributed by atoms with Gasteiger partial charge < -0.3 is 4.90 Å². The molecule has 1 aromatic carbocycles. The Labute approximate surface area is 120 Å². The van der Waals surface area contributed by atoms with Crippen LogP contribution in [-0.4, -0.2) is 29.9 Å². The standard InChI is InChI=1S/C16H24BrN/c1-2-11-18(12-10-17)13-15-8-5-7-14-6-3-4-9-16(14)15/h3-4,6,9,15H,2,5,7-8,10-13H2,1H3. The summed E-state index contributed by atoms with van der Waals surface area (Å²) >= 11 is 3.57. The summed E-state index contributed by atoms with van der Waals surface area (Å²) in [7, 11) is 0. The van der Waals surface area contributed by atoms with E-state index in [1.807, 2.05) is 0 Å². The van der Waals surface area contributed by atoms with Crippen molar-refractivity contribution in [3.8, 4) is 0 Å². The summed E-state index contributed by atoms with van der Waals surface area (Å²) in [6.07, 6.45) is 5.25. The van der Waals surface area contributed by atoms with Crippen LogP contribution in [0.25, 0.3) is 0 Å². The number of alkyl halides is 1. The highest BCUT2D eigenvalue weighted by Gasteiger charge is 2.21. The molecule has 0 amide bonds. The summed E-state index contributed by atoms with van der Waals surface area (Å²) in [6.45, 7) is 5.91. The summed E-state index contributed by atoms with van der Waals surface area (Å²) in [5, 5.41) is 1.08. The Hall–Kier alpha value is -0.340. The zero-order valence-corrected chi connectivity index (χ0v) is 13.0. The number of hydrogen-bond donors (Lipinski definition) is 0. The summed E-state index contributed by atoms with van der Waals surface area (Å²) in [5.74, 6) is 0.751. The molecule has 0 heterocycles. The SMILES string of the molecule is CCCN(CCBr)CC1CCCc2ccccc21. The van der Waals surface area contributed by atoms with Crippen molar-refractivity contribution in [1.29, 1.82) is 0 Å². The van der Waals surface area contributed by atoms with E-state index < -0.39 is 0 Å². The Balaban J connectivity index is 2.05. The highest BCUT2D eigenvalue weighted by atomic mass is 79.9. The number of hydrogen-bond acceptors (Lipinski definition) is 1. The van der Waals surface area contributed by atoms with E-state index in [1.165, 1.54) is 45.3 Å². The third-order valence-electron chi connectivity index (χ3n) is 3.91. The fourth-order valence-electron chi connectivity index (χ4n) is 3.09. The summed E-state index contributed by atoms with van der Waals surface area (Å²) in [4.78, 5) is 2.61. The molecular weight excluding hydrogens is 286 g/mol. The molecule has 100 valence electrons. The van der Waals surface area contributed by atoms with Crippen molar-refractivity contribution in [1.82, 2.24) is 4.90 Å². The Morgan fingerprint density at radius 1 is 1.28 bits per heavy atom. The number of nitrogens with zero attached hydrogens (tertiary/aromatic N) is 1. The number of halogens is 1. The molecule has 0 aromatic heterocycles. The van der Waals surface area contributed by atoms with Crippen molar-refractivity contribution < 1.29 is 0 Å². The molecule has 0 saturated heterocycles. The van der Waals surface area contributed by atoms with E-state index in [1.54, 1.807) is 11.1 Å². The molecule has 1 aliphatic carbocycles. The van der Waals surface area contributed by atoms with Gasteiger partial charge in [-0.3, -0.25) is 0 Å². The monoisotopic (exact) mass is 309 g/mol. The van der Waals surface area contributed by atoms with Gasteiger partial charge in [0.05, 0.1) is 0 Å². The van der Waals surface area contributed by atoms with Gasteiger partial charge >= 0.3 is 0 Å². The Kier molecular flexibility index (Phi) is 5.71. The minimum atomic E-state index is 0.751. The smallest absolute Gasteiger partial charge is 0.0159 e. The molecule has 2 rings (SSSR count). The van der Waals surface area contributed by atoms with Crippen molar-refractivity contribution in [2.45, 2.75) is 38.5 Å². The van der Waals surface area contributed by atoms with E-state index in [0.29, 0.717) is 0 Å². The van der Waals surface area contributed by atoms with Crippen LogP contribution in [0, 0.1) is 0 Å². The van der Waals surface area contributed by atoms with E-state index in [0.717, 1.165) is 11.2 Å². The topological polar surface area (TPSA) is 3.24 Å². The molecule has 0 fully saturated rings. The second-order valence-electron chi connectivity index (χ2n) is 5.28. The van der Waals surface area contributed by atoms with Gasteiger partial charge in [-0.1, -0.05) is 47.1 Å². The average Bonchev–Trinajstić information content (AvgIpc) is 2.40. The van der Waals surface area contributed by atoms with E-state index >= 15 is 0 Å². The van der Waals surface area contributed by atoms with Gasteiger partial charge in [-0.15, -0.1) is 0 Å². The highest BCUT2D eigenvalue weighted by molar-refractivity contribution is 9.09. The Bertz CT molecular complexity index is 358. The van der Waals surface area contributed by atoms with E-state index in [9.17, 15) is 0 Å². The lowest BCUT2D eigenvalue weighted by atomic mass is 9.82. The van der Waals surface area contributed by atoms with E-state index in [2.05, 4.69) is 52.0 Å². The first-order valence-electron chi connectivity index (χ1n) is 7.21. The molecule has 0 aliphatic heterocycles. The largest absolute Gasteiger partial charge is 0.302 e. The lowest BCUT2D eigenvalue weighted by molar-refractivity contribution is 0.262. The first kappa shape index (κ1) is 14.1. The molecule has 18 heavy (non-hydrogen) atoms. The second-order valence-corrected chi connectivity index (χ2v) is 6.07. The maximum atomic E-state index is 3.57. The quantitative estimate of drug-likeness (QED) is 0.711. The van der Waals surface area contributed by atoms with Crippen LogP contribution in [0.3, 0.4) is 0 Å². The van der Waals surface area contributed by atoms with E-state index in [4.69, 9.17) is 0 Å². The molecule has 1 nitrogen and oxygen atoms in total. The maximum absolute atomic E-state index is 3.57. The van der Waals surface area contributed by atoms with Gasteiger partial charge in [0.1, 0.15) is 0 Å². The Morgan fingerprint density at radius 3 is 2.89 bits per heavy atom. The van der Waals surface area contributed by atoms with Gasteiger partial charge in [0.2, 0.25) is 0 Å². The van der Waals surface area contributed by atoms with Crippen LogP contribution in [0.5, 0.6) is 0 Å². The summed E-state index contributed by atoms with van der Waals surface area (Å²) in [5.41, 5.74) is 3.20. The normalized spacial score (nSPS) is 18.9. The minimum absolute atomic E-state index is 0.751. The third-order valence-corrected chi connectivity index (χ3v) is 4.27. The van der Waals surface area contributed by atoms with Crippen molar-refractivity contribution in [2.24, 2.45) is 0 Å². The maximum Gasteiger partial charge on any atom is 0.0159 e. The zero-order valence-electron chi connectivity index (χ0n) is 11.4. The van der Waals surface area contributed by atoms with Crippen LogP contribution in [0.4, 0.5) is 0 Å². The first-order chi connectivity index (χ1) is 8.85. The molecule has 0 bridgehead atoms. The predicted octanol–water partition coefficient (Wildman–Crippen LogP) is 4.21. The van der Waals surface area contributed by atoms with Gasteiger partial charge in [0.15, 0.2) is 0 Å². The van der Waals surface area contributed by atoms with Crippen molar-refractivity contribution in [3.05, 3.63) is 35.4 Å². The molecule has 0 saturated carbocycles. The van der Waals surface area contributed by atoms with Crippen molar-refractivity contribution in [2.75, 3.05) is 25.0 Å². The third kappa shape index (κ3) is 3.58. The zero-order chi connectivity index (χ0) is 12.8. The van der Waals surface area contributed by atoms with Crippen LogP contribution in [0.1, 0.15) is 43.2 Å². The highest BCUT2D eigenvalue weighted by Crippen LogP contribution is 2.32. The molecule has 0 spiro atoms. The van der Waals surface area contributed by atoms with E-state index in [-0.39, 0.29) is 0 Å². The molecule has 0 N–H and O–H groups in total. The number of aryl methyl sites for hydroxylation is 1. The average molecular weight is 310 g/mol. The van der Waals surface area contributed by atoms with Crippen LogP contribution >= 0.6 is 15.9 Å². The fraction of sp³-hybridized carbons (Fsp3) is 0.625. The van der Waals surface area contributed by atoms with Crippen LogP contribution < -0.4 is 0 Å². The lowest BCUT2D eigenvalue weighted by Crippen LogP contribution is -2.32. The lowest BCUT2D eigenvalue weighted by Gasteiger charge is -2.31. The minimum Gasteiger partial charge on any atom is -0.302 e. The van der Waals surface area contributed by atoms with Crippen LogP contribution in [0.2, 0.25) is 0 Å². The van der Waals surface area contributed by atoms with Gasteiger partial charge in [-0.05, 0) is 49.3 Å². The van der Waals surface area contributed by atoms with Crippen LogP contribution in [-0.2, 0) is 6.42 Å². The summed E-state index contributed by atoms with van der Waals surface area (Å²) in [6, 6.07) is 9.04. The number of fused-ring (bicyclic) bond motifs is 1. The van der Waals surface area contributed by atoms with Crippen molar-refractivity contribution in [3.63, 3.8) is 0 Å². The molecular formula is C16H24BrN. The van der Waals surface area contributed by atoms with Crippen molar-refractivity contribution >= 4 is 15.9 Å². The van der Waals surface area contributed by atoms with Gasteiger partial charge in [0.25, 0.3) is 0 Å². The molecule has 0 radical (unpaired) electrons. The second kappa shape index (κ2) is 7.30. The number of benzene rings is 1. The predicted molar refractivity (Wildman–Crippen MR) is 82.6 cm³/mol. The first-order valence-corrected chi connectivity index (χ1v) is 8.33. The molecule has 1 aromatic rings. The molecule has 1 aliphatic rings. The van der Waals surface area contributed by atoms with Gasteiger partial charge in [-0.25, -0.2) is 0 Å². The molecule has 2 heteroatoms. The fourth-order valence-corrected chi connectivity index (χ4v) is 3.59.